The van der Waals surface area contributed by atoms with Gasteiger partial charge in [-0.2, -0.15) is 0 Å². The monoisotopic (exact) mass is 215 g/mol. The van der Waals surface area contributed by atoms with Crippen LogP contribution in [0.3, 0.4) is 0 Å². The van der Waals surface area contributed by atoms with E-state index < -0.39 is 0 Å². The van der Waals surface area contributed by atoms with Crippen molar-refractivity contribution in [2.75, 3.05) is 13.2 Å². The first-order valence-corrected chi connectivity index (χ1v) is 6.17. The Kier molecular flexibility index (Phi) is 7.20. The predicted molar refractivity (Wildman–Crippen MR) is 66.9 cm³/mol. The minimum Gasteiger partial charge on any atom is -0.381 e. The zero-order valence-electron chi connectivity index (χ0n) is 11.2. The Morgan fingerprint density at radius 1 is 1.07 bits per heavy atom. The molecule has 0 saturated carbocycles. The van der Waals surface area contributed by atoms with Crippen LogP contribution < -0.4 is 5.73 Å². The van der Waals surface area contributed by atoms with Crippen molar-refractivity contribution in [2.24, 2.45) is 17.1 Å². The van der Waals surface area contributed by atoms with Gasteiger partial charge >= 0.3 is 0 Å². The second-order valence-electron chi connectivity index (χ2n) is 5.91. The van der Waals surface area contributed by atoms with Gasteiger partial charge in [0.15, 0.2) is 0 Å². The van der Waals surface area contributed by atoms with Gasteiger partial charge in [-0.15, -0.1) is 0 Å². The highest BCUT2D eigenvalue weighted by atomic mass is 16.5. The molecule has 2 nitrogen and oxygen atoms in total. The first kappa shape index (κ1) is 14.9. The zero-order chi connectivity index (χ0) is 11.9. The van der Waals surface area contributed by atoms with E-state index in [1.807, 2.05) is 0 Å². The lowest BCUT2D eigenvalue weighted by molar-refractivity contribution is 0.115. The van der Waals surface area contributed by atoms with E-state index in [2.05, 4.69) is 34.6 Å². The van der Waals surface area contributed by atoms with Crippen LogP contribution in [0, 0.1) is 11.3 Å². The molecule has 2 heteroatoms. The lowest BCUT2D eigenvalue weighted by Crippen LogP contribution is -2.35. The topological polar surface area (TPSA) is 35.2 Å². The van der Waals surface area contributed by atoms with E-state index in [4.69, 9.17) is 10.5 Å². The summed E-state index contributed by atoms with van der Waals surface area (Å²) < 4.78 is 5.55. The molecule has 0 aromatic rings. The predicted octanol–water partition coefficient (Wildman–Crippen LogP) is 3.20. The maximum absolute atomic E-state index is 6.06. The molecule has 0 aliphatic carbocycles. The summed E-state index contributed by atoms with van der Waals surface area (Å²) in [4.78, 5) is 0. The van der Waals surface area contributed by atoms with E-state index in [-0.39, 0.29) is 11.5 Å². The quantitative estimate of drug-likeness (QED) is 0.662. The average Bonchev–Trinajstić information content (AvgIpc) is 2.08. The Labute approximate surface area is 95.6 Å². The molecule has 15 heavy (non-hydrogen) atoms. The molecule has 0 bridgehead atoms. The van der Waals surface area contributed by atoms with Gasteiger partial charge in [0, 0.05) is 19.3 Å². The van der Waals surface area contributed by atoms with Crippen LogP contribution in [-0.2, 0) is 4.74 Å². The Morgan fingerprint density at radius 2 is 1.67 bits per heavy atom. The van der Waals surface area contributed by atoms with Crippen LogP contribution in [0.1, 0.15) is 53.9 Å². The van der Waals surface area contributed by atoms with Crippen molar-refractivity contribution in [3.8, 4) is 0 Å². The van der Waals surface area contributed by atoms with Gasteiger partial charge in [-0.05, 0) is 30.6 Å². The maximum atomic E-state index is 6.06. The van der Waals surface area contributed by atoms with Gasteiger partial charge in [0.1, 0.15) is 0 Å². The van der Waals surface area contributed by atoms with E-state index in [1.165, 1.54) is 0 Å². The first-order valence-electron chi connectivity index (χ1n) is 6.17. The Bertz CT molecular complexity index is 149. The van der Waals surface area contributed by atoms with Crippen molar-refractivity contribution in [1.29, 1.82) is 0 Å². The molecule has 0 heterocycles. The van der Waals surface area contributed by atoms with Gasteiger partial charge in [0.05, 0.1) is 0 Å². The van der Waals surface area contributed by atoms with Crippen molar-refractivity contribution in [1.82, 2.24) is 0 Å². The molecule has 0 saturated heterocycles. The summed E-state index contributed by atoms with van der Waals surface area (Å²) >= 11 is 0. The van der Waals surface area contributed by atoms with Crippen molar-refractivity contribution < 1.29 is 4.74 Å². The van der Waals surface area contributed by atoms with Gasteiger partial charge in [-0.25, -0.2) is 0 Å². The lowest BCUT2D eigenvalue weighted by Gasteiger charge is -2.26. The van der Waals surface area contributed by atoms with Gasteiger partial charge in [-0.3, -0.25) is 0 Å². The highest BCUT2D eigenvalue weighted by Gasteiger charge is 2.19. The fourth-order valence-corrected chi connectivity index (χ4v) is 1.26. The van der Waals surface area contributed by atoms with Crippen molar-refractivity contribution in [2.45, 2.75) is 59.9 Å². The van der Waals surface area contributed by atoms with E-state index >= 15 is 0 Å². The molecule has 0 radical (unpaired) electrons. The molecule has 0 aliphatic heterocycles. The van der Waals surface area contributed by atoms with E-state index in [0.717, 1.165) is 38.4 Å². The van der Waals surface area contributed by atoms with Crippen LogP contribution in [0.25, 0.3) is 0 Å². The van der Waals surface area contributed by atoms with Crippen molar-refractivity contribution in [3.05, 3.63) is 0 Å². The summed E-state index contributed by atoms with van der Waals surface area (Å²) in [5, 5.41) is 0. The van der Waals surface area contributed by atoms with Crippen LogP contribution in [0.4, 0.5) is 0 Å². The summed E-state index contributed by atoms with van der Waals surface area (Å²) in [6, 6.07) is 0.284. The molecule has 0 aromatic heterocycles. The molecule has 1 atom stereocenters. The van der Waals surface area contributed by atoms with E-state index in [9.17, 15) is 0 Å². The van der Waals surface area contributed by atoms with Gasteiger partial charge in [0.25, 0.3) is 0 Å². The van der Waals surface area contributed by atoms with Crippen LogP contribution in [0.2, 0.25) is 0 Å². The van der Waals surface area contributed by atoms with Gasteiger partial charge in [-0.1, -0.05) is 34.6 Å². The molecule has 92 valence electrons. The summed E-state index contributed by atoms with van der Waals surface area (Å²) in [6.45, 7) is 12.8. The third-order valence-corrected chi connectivity index (χ3v) is 2.76. The Balaban J connectivity index is 3.32. The smallest absolute Gasteiger partial charge is 0.0468 e. The van der Waals surface area contributed by atoms with E-state index in [1.54, 1.807) is 0 Å². The van der Waals surface area contributed by atoms with Crippen LogP contribution in [0.15, 0.2) is 0 Å². The third-order valence-electron chi connectivity index (χ3n) is 2.76. The lowest BCUT2D eigenvalue weighted by atomic mass is 9.85. The first-order chi connectivity index (χ1) is 6.84. The molecule has 0 aromatic carbocycles. The van der Waals surface area contributed by atoms with Crippen molar-refractivity contribution in [3.63, 3.8) is 0 Å². The Morgan fingerprint density at radius 3 is 2.13 bits per heavy atom. The molecule has 0 fully saturated rings. The van der Waals surface area contributed by atoms with Crippen LogP contribution in [-0.4, -0.2) is 19.3 Å². The summed E-state index contributed by atoms with van der Waals surface area (Å²) in [7, 11) is 0. The maximum Gasteiger partial charge on any atom is 0.0468 e. The fourth-order valence-electron chi connectivity index (χ4n) is 1.26. The molecule has 0 aliphatic rings. The largest absolute Gasteiger partial charge is 0.381 e. The minimum atomic E-state index is 0.220. The number of ether oxygens (including phenoxy) is 1. The molecular formula is C13H29NO. The number of nitrogens with two attached hydrogens (primary N) is 1. The molecule has 0 rings (SSSR count). The SMILES string of the molecule is CC(C)CCOCCCC(N)C(C)(C)C. The van der Waals surface area contributed by atoms with Gasteiger partial charge < -0.3 is 10.5 Å². The van der Waals surface area contributed by atoms with Gasteiger partial charge in [0.2, 0.25) is 0 Å². The summed E-state index contributed by atoms with van der Waals surface area (Å²) in [6.07, 6.45) is 3.30. The summed E-state index contributed by atoms with van der Waals surface area (Å²) in [5.74, 6) is 0.738. The minimum absolute atomic E-state index is 0.220. The third kappa shape index (κ3) is 8.88. The molecule has 1 unspecified atom stereocenters. The highest BCUT2D eigenvalue weighted by molar-refractivity contribution is 4.76. The summed E-state index contributed by atoms with van der Waals surface area (Å²) in [5.41, 5.74) is 6.28. The molecule has 2 N–H and O–H groups in total. The highest BCUT2D eigenvalue weighted by Crippen LogP contribution is 2.20. The normalized spacial score (nSPS) is 14.6. The fraction of sp³-hybridized carbons (Fsp3) is 1.00. The van der Waals surface area contributed by atoms with Crippen molar-refractivity contribution >= 4 is 0 Å². The van der Waals surface area contributed by atoms with E-state index in [0.29, 0.717) is 0 Å². The standard InChI is InChI=1S/C13H29NO/c1-11(2)8-10-15-9-6-7-12(14)13(3,4)5/h11-12H,6-10,14H2,1-5H3. The number of rotatable bonds is 7. The van der Waals surface area contributed by atoms with Crippen LogP contribution in [0.5, 0.6) is 0 Å². The second kappa shape index (κ2) is 7.24. The number of hydrogen-bond donors (Lipinski definition) is 1. The Hall–Kier alpha value is -0.0800. The second-order valence-corrected chi connectivity index (χ2v) is 5.91. The number of hydrogen-bond acceptors (Lipinski definition) is 2. The zero-order valence-corrected chi connectivity index (χ0v) is 11.2. The molecule has 0 spiro atoms. The average molecular weight is 215 g/mol. The molecular weight excluding hydrogens is 186 g/mol. The molecule has 0 amide bonds. The van der Waals surface area contributed by atoms with Crippen LogP contribution >= 0.6 is 0 Å².